The minimum atomic E-state index is -0.400. The first-order valence-electron chi connectivity index (χ1n) is 3.64. The Bertz CT molecular complexity index is 251. The van der Waals surface area contributed by atoms with E-state index in [2.05, 4.69) is 0 Å². The second kappa shape index (κ2) is 3.95. The van der Waals surface area contributed by atoms with Gasteiger partial charge in [0.25, 0.3) is 0 Å². The van der Waals surface area contributed by atoms with Gasteiger partial charge < -0.3 is 9.47 Å². The van der Waals surface area contributed by atoms with Crippen molar-refractivity contribution in [2.75, 3.05) is 14.2 Å². The maximum atomic E-state index is 13.1. The van der Waals surface area contributed by atoms with Crippen molar-refractivity contribution < 1.29 is 13.9 Å². The topological polar surface area (TPSA) is 18.5 Å². The summed E-state index contributed by atoms with van der Waals surface area (Å²) in [4.78, 5) is 0. The van der Waals surface area contributed by atoms with Crippen molar-refractivity contribution in [1.29, 1.82) is 0 Å². The molecule has 0 spiro atoms. The zero-order chi connectivity index (χ0) is 8.97. The Morgan fingerprint density at radius 3 is 2.67 bits per heavy atom. The molecule has 2 nitrogen and oxygen atoms in total. The molecule has 0 aromatic heterocycles. The quantitative estimate of drug-likeness (QED) is 0.633. The third-order valence-electron chi connectivity index (χ3n) is 1.57. The molecule has 1 aliphatic carbocycles. The van der Waals surface area contributed by atoms with E-state index in [-0.39, 0.29) is 5.76 Å². The third kappa shape index (κ3) is 1.67. The first kappa shape index (κ1) is 8.84. The van der Waals surface area contributed by atoms with Gasteiger partial charge in [-0.05, 0) is 18.6 Å². The lowest BCUT2D eigenvalue weighted by Gasteiger charge is -2.08. The Hall–Kier alpha value is -1.25. The molecular weight excluding hydrogens is 159 g/mol. The molecule has 0 aromatic carbocycles. The van der Waals surface area contributed by atoms with Gasteiger partial charge in [-0.25, -0.2) is 4.39 Å². The van der Waals surface area contributed by atoms with Gasteiger partial charge in [0.1, 0.15) is 0 Å². The molecule has 0 saturated heterocycles. The van der Waals surface area contributed by atoms with E-state index in [1.54, 1.807) is 12.2 Å². The second-order valence-electron chi connectivity index (χ2n) is 2.29. The molecule has 0 radical (unpaired) electrons. The van der Waals surface area contributed by atoms with Gasteiger partial charge in [-0.2, -0.15) is 0 Å². The summed E-state index contributed by atoms with van der Waals surface area (Å²) in [5, 5.41) is 0. The maximum Gasteiger partial charge on any atom is 0.196 e. The van der Waals surface area contributed by atoms with Crippen LogP contribution in [0.15, 0.2) is 35.6 Å². The molecule has 0 fully saturated rings. The third-order valence-corrected chi connectivity index (χ3v) is 1.57. The molecule has 0 atom stereocenters. The molecule has 0 unspecified atom stereocenters. The molecule has 66 valence electrons. The highest BCUT2D eigenvalue weighted by atomic mass is 19.1. The second-order valence-corrected chi connectivity index (χ2v) is 2.29. The van der Waals surface area contributed by atoms with Crippen LogP contribution in [-0.2, 0) is 9.47 Å². The number of allylic oxidation sites excluding steroid dienone is 4. The fourth-order valence-electron chi connectivity index (χ4n) is 1.01. The van der Waals surface area contributed by atoms with Crippen molar-refractivity contribution in [3.8, 4) is 0 Å². The normalized spacial score (nSPS) is 17.1. The summed E-state index contributed by atoms with van der Waals surface area (Å²) in [5.41, 5.74) is 0. The summed E-state index contributed by atoms with van der Waals surface area (Å²) in [5.74, 6) is 0.203. The lowest BCUT2D eigenvalue weighted by atomic mass is 10.3. The first-order chi connectivity index (χ1) is 5.79. The van der Waals surface area contributed by atoms with Crippen molar-refractivity contribution in [3.63, 3.8) is 0 Å². The largest absolute Gasteiger partial charge is 0.493 e. The van der Waals surface area contributed by atoms with Crippen LogP contribution in [0.5, 0.6) is 0 Å². The Balaban J connectivity index is 3.01. The van der Waals surface area contributed by atoms with E-state index in [0.717, 1.165) is 0 Å². The predicted molar refractivity (Wildman–Crippen MR) is 44.0 cm³/mol. The predicted octanol–water partition coefficient (Wildman–Crippen LogP) is 2.30. The fourth-order valence-corrected chi connectivity index (χ4v) is 1.01. The van der Waals surface area contributed by atoms with Crippen LogP contribution in [0.3, 0.4) is 0 Å². The van der Waals surface area contributed by atoms with Gasteiger partial charge in [0, 0.05) is 0 Å². The molecule has 0 N–H and O–H groups in total. The van der Waals surface area contributed by atoms with Crippen LogP contribution >= 0.6 is 0 Å². The summed E-state index contributed by atoms with van der Waals surface area (Å²) in [6, 6.07) is 0. The molecule has 3 heteroatoms. The minimum absolute atomic E-state index is 0.159. The SMILES string of the molecule is COC1=CCC=CC(F)=C1OC. The number of rotatable bonds is 2. The number of hydrogen-bond donors (Lipinski definition) is 0. The highest BCUT2D eigenvalue weighted by Gasteiger charge is 2.12. The number of halogens is 1. The van der Waals surface area contributed by atoms with Gasteiger partial charge in [-0.1, -0.05) is 6.08 Å². The molecule has 1 rings (SSSR count). The molecule has 0 heterocycles. The molecule has 1 aliphatic rings. The van der Waals surface area contributed by atoms with E-state index in [1.807, 2.05) is 0 Å². The molecule has 0 aromatic rings. The van der Waals surface area contributed by atoms with Crippen molar-refractivity contribution in [2.45, 2.75) is 6.42 Å². The number of ether oxygens (including phenoxy) is 2. The highest BCUT2D eigenvalue weighted by Crippen LogP contribution is 2.21. The van der Waals surface area contributed by atoms with Gasteiger partial charge in [-0.3, -0.25) is 0 Å². The van der Waals surface area contributed by atoms with E-state index in [4.69, 9.17) is 9.47 Å². The zero-order valence-corrected chi connectivity index (χ0v) is 7.13. The van der Waals surface area contributed by atoms with Crippen LogP contribution < -0.4 is 0 Å². The first-order valence-corrected chi connectivity index (χ1v) is 3.64. The van der Waals surface area contributed by atoms with Gasteiger partial charge >= 0.3 is 0 Å². The smallest absolute Gasteiger partial charge is 0.196 e. The lowest BCUT2D eigenvalue weighted by molar-refractivity contribution is 0.212. The molecule has 0 amide bonds. The van der Waals surface area contributed by atoms with Gasteiger partial charge in [0.2, 0.25) is 0 Å². The summed E-state index contributed by atoms with van der Waals surface area (Å²) in [7, 11) is 2.91. The lowest BCUT2D eigenvalue weighted by Crippen LogP contribution is -1.96. The summed E-state index contributed by atoms with van der Waals surface area (Å²) in [6.45, 7) is 0. The van der Waals surface area contributed by atoms with Crippen LogP contribution in [0, 0.1) is 0 Å². The molecule has 0 bridgehead atoms. The van der Waals surface area contributed by atoms with Gasteiger partial charge in [0.05, 0.1) is 14.2 Å². The van der Waals surface area contributed by atoms with Crippen molar-refractivity contribution in [1.82, 2.24) is 0 Å². The van der Waals surface area contributed by atoms with E-state index in [1.165, 1.54) is 20.3 Å². The minimum Gasteiger partial charge on any atom is -0.493 e. The highest BCUT2D eigenvalue weighted by molar-refractivity contribution is 5.32. The summed E-state index contributed by atoms with van der Waals surface area (Å²) in [6.07, 6.45) is 5.51. The van der Waals surface area contributed by atoms with Crippen LogP contribution in [0.1, 0.15) is 6.42 Å². The summed E-state index contributed by atoms with van der Waals surface area (Å²) < 4.78 is 22.9. The average molecular weight is 170 g/mol. The molecular formula is C9H11FO2. The summed E-state index contributed by atoms with van der Waals surface area (Å²) >= 11 is 0. The Kier molecular flexibility index (Phi) is 2.91. The average Bonchev–Trinajstić information content (AvgIpc) is 2.26. The Morgan fingerprint density at radius 1 is 1.33 bits per heavy atom. The van der Waals surface area contributed by atoms with Crippen molar-refractivity contribution in [3.05, 3.63) is 35.6 Å². The van der Waals surface area contributed by atoms with Gasteiger partial charge in [-0.15, -0.1) is 0 Å². The van der Waals surface area contributed by atoms with E-state index in [0.29, 0.717) is 12.2 Å². The molecule has 0 aliphatic heterocycles. The fraction of sp³-hybridized carbons (Fsp3) is 0.333. The monoisotopic (exact) mass is 170 g/mol. The Labute approximate surface area is 71.0 Å². The van der Waals surface area contributed by atoms with Crippen LogP contribution in [0.4, 0.5) is 4.39 Å². The van der Waals surface area contributed by atoms with E-state index in [9.17, 15) is 4.39 Å². The van der Waals surface area contributed by atoms with Crippen LogP contribution in [0.25, 0.3) is 0 Å². The van der Waals surface area contributed by atoms with E-state index >= 15 is 0 Å². The van der Waals surface area contributed by atoms with Crippen molar-refractivity contribution >= 4 is 0 Å². The van der Waals surface area contributed by atoms with E-state index < -0.39 is 5.83 Å². The molecule has 12 heavy (non-hydrogen) atoms. The maximum absolute atomic E-state index is 13.1. The zero-order valence-electron chi connectivity index (χ0n) is 7.13. The number of hydrogen-bond acceptors (Lipinski definition) is 2. The van der Waals surface area contributed by atoms with Crippen molar-refractivity contribution in [2.24, 2.45) is 0 Å². The van der Waals surface area contributed by atoms with Gasteiger partial charge in [0.15, 0.2) is 17.3 Å². The number of methoxy groups -OCH3 is 2. The Morgan fingerprint density at radius 2 is 2.08 bits per heavy atom. The van der Waals surface area contributed by atoms with Crippen LogP contribution in [0.2, 0.25) is 0 Å². The standard InChI is InChI=1S/C9H11FO2/c1-11-8-6-4-3-5-7(10)9(8)12-2/h3,5-6H,4H2,1-2H3. The molecule has 0 saturated carbocycles. The van der Waals surface area contributed by atoms with Crippen LogP contribution in [-0.4, -0.2) is 14.2 Å².